The van der Waals surface area contributed by atoms with Crippen molar-refractivity contribution < 1.29 is 27.3 Å². The summed E-state index contributed by atoms with van der Waals surface area (Å²) in [5, 5.41) is 13.9. The van der Waals surface area contributed by atoms with Gasteiger partial charge in [-0.3, -0.25) is 14.9 Å². The summed E-state index contributed by atoms with van der Waals surface area (Å²) in [5.74, 6) is -1.67. The van der Waals surface area contributed by atoms with Gasteiger partial charge in [0.15, 0.2) is 11.5 Å². The molecule has 1 N–H and O–H groups in total. The molecule has 0 unspecified atom stereocenters. The van der Waals surface area contributed by atoms with E-state index in [4.69, 9.17) is 4.42 Å². The lowest BCUT2D eigenvalue weighted by atomic mass is 10.2. The monoisotopic (exact) mass is 349 g/mol. The Balaban J connectivity index is 2.13. The van der Waals surface area contributed by atoms with Gasteiger partial charge in [0, 0.05) is 5.38 Å². The third-order valence-electron chi connectivity index (χ3n) is 2.82. The number of nitrogens with zero attached hydrogens (tertiary/aromatic N) is 2. The minimum atomic E-state index is -4.56. The van der Waals surface area contributed by atoms with Crippen molar-refractivity contribution in [2.75, 3.05) is 0 Å². The van der Waals surface area contributed by atoms with E-state index in [1.807, 2.05) is 0 Å². The van der Waals surface area contributed by atoms with Crippen molar-refractivity contribution in [3.8, 4) is 0 Å². The van der Waals surface area contributed by atoms with Crippen molar-refractivity contribution in [2.24, 2.45) is 0 Å². The molecule has 0 saturated heterocycles. The lowest BCUT2D eigenvalue weighted by Crippen LogP contribution is -2.27. The summed E-state index contributed by atoms with van der Waals surface area (Å²) < 4.78 is 42.4. The molecule has 0 aliphatic heterocycles. The second-order valence-corrected chi connectivity index (χ2v) is 5.29. The van der Waals surface area contributed by atoms with Crippen LogP contribution in [0.15, 0.2) is 21.9 Å². The van der Waals surface area contributed by atoms with E-state index in [1.165, 1.54) is 0 Å². The Morgan fingerprint density at radius 2 is 2.22 bits per heavy atom. The Morgan fingerprint density at radius 1 is 1.52 bits per heavy atom. The molecule has 0 bridgehead atoms. The van der Waals surface area contributed by atoms with E-state index in [1.54, 1.807) is 6.92 Å². The zero-order chi connectivity index (χ0) is 17.2. The van der Waals surface area contributed by atoms with Crippen LogP contribution >= 0.6 is 11.3 Å². The Hall–Kier alpha value is -2.43. The van der Waals surface area contributed by atoms with E-state index < -0.39 is 34.6 Å². The summed E-state index contributed by atoms with van der Waals surface area (Å²) in [6.45, 7) is 1.66. The molecule has 124 valence electrons. The van der Waals surface area contributed by atoms with Crippen LogP contribution in [0.2, 0.25) is 0 Å². The lowest BCUT2D eigenvalue weighted by Gasteiger charge is -2.13. The van der Waals surface area contributed by atoms with Crippen molar-refractivity contribution in [2.45, 2.75) is 25.6 Å². The van der Waals surface area contributed by atoms with E-state index in [-0.39, 0.29) is 10.8 Å². The minimum absolute atomic E-state index is 0.0919. The van der Waals surface area contributed by atoms with E-state index in [0.717, 1.165) is 28.8 Å². The molecule has 2 aromatic heterocycles. The Bertz CT molecular complexity index is 725. The Morgan fingerprint density at radius 3 is 2.70 bits per heavy atom. The van der Waals surface area contributed by atoms with Crippen LogP contribution < -0.4 is 5.32 Å². The topological polar surface area (TPSA) is 98.3 Å². The first-order valence-electron chi connectivity index (χ1n) is 6.30. The molecule has 7 nitrogen and oxygen atoms in total. The highest BCUT2D eigenvalue weighted by molar-refractivity contribution is 7.09. The molecule has 1 amide bonds. The zero-order valence-corrected chi connectivity index (χ0v) is 12.4. The SMILES string of the molecule is CC[C@@H](NC(=O)c1ccc([N+](=O)[O-])o1)c1nc(C(F)(F)F)cs1. The largest absolute Gasteiger partial charge is 0.434 e. The molecule has 23 heavy (non-hydrogen) atoms. The van der Waals surface area contributed by atoms with Crippen LogP contribution in [0, 0.1) is 10.1 Å². The molecule has 11 heteroatoms. The van der Waals surface area contributed by atoms with Crippen molar-refractivity contribution in [1.82, 2.24) is 10.3 Å². The lowest BCUT2D eigenvalue weighted by molar-refractivity contribution is -0.402. The molecule has 0 saturated carbocycles. The molecule has 2 heterocycles. The van der Waals surface area contributed by atoms with Gasteiger partial charge in [0.1, 0.15) is 9.93 Å². The van der Waals surface area contributed by atoms with Crippen molar-refractivity contribution in [3.63, 3.8) is 0 Å². The minimum Gasteiger partial charge on any atom is -0.395 e. The number of aromatic nitrogens is 1. The van der Waals surface area contributed by atoms with Gasteiger partial charge >= 0.3 is 12.1 Å². The Kier molecular flexibility index (Phi) is 4.68. The summed E-state index contributed by atoms with van der Waals surface area (Å²) in [7, 11) is 0. The van der Waals surface area contributed by atoms with E-state index >= 15 is 0 Å². The maximum Gasteiger partial charge on any atom is 0.434 e. The van der Waals surface area contributed by atoms with Gasteiger partial charge in [-0.25, -0.2) is 4.98 Å². The van der Waals surface area contributed by atoms with Crippen molar-refractivity contribution in [3.05, 3.63) is 44.1 Å². The first-order chi connectivity index (χ1) is 10.7. The molecule has 2 rings (SSSR count). The number of thiazole rings is 1. The highest BCUT2D eigenvalue weighted by Gasteiger charge is 2.34. The third kappa shape index (κ3) is 3.86. The quantitative estimate of drug-likeness (QED) is 0.657. The molecule has 0 spiro atoms. The van der Waals surface area contributed by atoms with E-state index in [2.05, 4.69) is 10.3 Å². The number of carbonyl (C=O) groups excluding carboxylic acids is 1. The van der Waals surface area contributed by atoms with Crippen LogP contribution in [0.5, 0.6) is 0 Å². The third-order valence-corrected chi connectivity index (χ3v) is 3.78. The van der Waals surface area contributed by atoms with Gasteiger partial charge in [-0.1, -0.05) is 6.92 Å². The van der Waals surface area contributed by atoms with E-state index in [9.17, 15) is 28.1 Å². The predicted molar refractivity (Wildman–Crippen MR) is 73.0 cm³/mol. The van der Waals surface area contributed by atoms with Crippen molar-refractivity contribution in [1.29, 1.82) is 0 Å². The number of nitrogens with one attached hydrogen (secondary N) is 1. The number of hydrogen-bond donors (Lipinski definition) is 1. The van der Waals surface area contributed by atoms with Gasteiger partial charge in [-0.15, -0.1) is 11.3 Å². The summed E-state index contributed by atoms with van der Waals surface area (Å²) in [6, 6.07) is 1.37. The van der Waals surface area contributed by atoms with Gasteiger partial charge in [0.05, 0.1) is 12.1 Å². The van der Waals surface area contributed by atoms with Gasteiger partial charge in [-0.05, 0) is 12.5 Å². The molecule has 0 radical (unpaired) electrons. The number of amides is 1. The molecular formula is C12H10F3N3O4S. The van der Waals surface area contributed by atoms with Gasteiger partial charge in [0.2, 0.25) is 0 Å². The predicted octanol–water partition coefficient (Wildman–Crippen LogP) is 3.54. The molecular weight excluding hydrogens is 339 g/mol. The summed E-state index contributed by atoms with van der Waals surface area (Å²) in [5.41, 5.74) is -1.03. The molecule has 1 atom stereocenters. The van der Waals surface area contributed by atoms with Crippen molar-refractivity contribution >= 4 is 23.1 Å². The summed E-state index contributed by atoms with van der Waals surface area (Å²) >= 11 is 0.772. The first-order valence-corrected chi connectivity index (χ1v) is 7.18. The summed E-state index contributed by atoms with van der Waals surface area (Å²) in [6.07, 6.45) is -4.27. The fraction of sp³-hybridized carbons (Fsp3) is 0.333. The van der Waals surface area contributed by atoms with Crippen LogP contribution in [0.4, 0.5) is 19.1 Å². The number of rotatable bonds is 5. The average molecular weight is 349 g/mol. The fourth-order valence-corrected chi connectivity index (χ4v) is 2.65. The number of hydrogen-bond acceptors (Lipinski definition) is 6. The molecule has 0 aliphatic rings. The molecule has 0 aliphatic carbocycles. The van der Waals surface area contributed by atoms with Crippen LogP contribution in [-0.4, -0.2) is 15.8 Å². The van der Waals surface area contributed by atoms with Crippen LogP contribution in [0.3, 0.4) is 0 Å². The smallest absolute Gasteiger partial charge is 0.395 e. The molecule has 0 fully saturated rings. The summed E-state index contributed by atoms with van der Waals surface area (Å²) in [4.78, 5) is 25.1. The molecule has 0 aromatic carbocycles. The van der Waals surface area contributed by atoms with Gasteiger partial charge in [-0.2, -0.15) is 13.2 Å². The van der Waals surface area contributed by atoms with Crippen LogP contribution in [0.25, 0.3) is 0 Å². The highest BCUT2D eigenvalue weighted by atomic mass is 32.1. The fourth-order valence-electron chi connectivity index (χ4n) is 1.69. The Labute approximate surface area is 131 Å². The number of halogens is 3. The maximum atomic E-state index is 12.6. The second kappa shape index (κ2) is 6.36. The maximum absolute atomic E-state index is 12.6. The van der Waals surface area contributed by atoms with Gasteiger partial charge in [0.25, 0.3) is 5.91 Å². The zero-order valence-electron chi connectivity index (χ0n) is 11.6. The van der Waals surface area contributed by atoms with Crippen LogP contribution in [-0.2, 0) is 6.18 Å². The highest BCUT2D eigenvalue weighted by Crippen LogP contribution is 2.32. The average Bonchev–Trinajstić information content (AvgIpc) is 3.12. The normalized spacial score (nSPS) is 12.9. The second-order valence-electron chi connectivity index (χ2n) is 4.40. The van der Waals surface area contributed by atoms with Gasteiger partial charge < -0.3 is 9.73 Å². The first kappa shape index (κ1) is 16.9. The number of carbonyl (C=O) groups is 1. The number of alkyl halides is 3. The van der Waals surface area contributed by atoms with E-state index in [0.29, 0.717) is 6.42 Å². The number of furan rings is 1. The van der Waals surface area contributed by atoms with Crippen LogP contribution in [0.1, 0.15) is 40.6 Å². The number of nitro groups is 1. The molecule has 2 aromatic rings. The standard InChI is InChI=1S/C12H10F3N3O4S/c1-2-6(11-17-8(5-23-11)12(13,14)15)16-10(19)7-3-4-9(22-7)18(20)21/h3-6H,2H2,1H3,(H,16,19)/t6-/m1/s1.